The largest absolute Gasteiger partial charge is 0.522 e. The van der Waals surface area contributed by atoms with Crippen molar-refractivity contribution in [3.63, 3.8) is 0 Å². The van der Waals surface area contributed by atoms with Crippen LogP contribution in [0.4, 0.5) is 13.2 Å². The monoisotopic (exact) mass is 286 g/mol. The third-order valence-corrected chi connectivity index (χ3v) is 5.02. The van der Waals surface area contributed by atoms with Crippen LogP contribution in [0.1, 0.15) is 10.7 Å². The predicted octanol–water partition coefficient (Wildman–Crippen LogP) is 2.26. The second-order valence-corrected chi connectivity index (χ2v) is 7.30. The van der Waals surface area contributed by atoms with Gasteiger partial charge >= 0.3 is 15.6 Å². The van der Waals surface area contributed by atoms with Crippen LogP contribution < -0.4 is 0 Å². The molecular formula is C9H13F3O3SSi. The lowest BCUT2D eigenvalue weighted by Gasteiger charge is -2.00. The van der Waals surface area contributed by atoms with E-state index in [9.17, 15) is 13.2 Å². The van der Waals surface area contributed by atoms with Gasteiger partial charge in [-0.25, -0.2) is 0 Å². The van der Waals surface area contributed by atoms with E-state index in [0.29, 0.717) is 0 Å². The van der Waals surface area contributed by atoms with Gasteiger partial charge in [-0.05, 0) is 13.8 Å². The predicted molar refractivity (Wildman–Crippen MR) is 60.4 cm³/mol. The first kappa shape index (κ1) is 16.3. The van der Waals surface area contributed by atoms with Crippen LogP contribution in [-0.4, -0.2) is 26.9 Å². The Kier molecular flexibility index (Phi) is 5.49. The molecule has 0 aliphatic heterocycles. The molecule has 0 atom stereocenters. The van der Waals surface area contributed by atoms with Crippen molar-refractivity contribution in [2.75, 3.05) is 0 Å². The average Bonchev–Trinajstić information content (AvgIpc) is 2.12. The Bertz CT molecular complexity index is 462. The zero-order chi connectivity index (χ0) is 13.9. The zero-order valence-corrected chi connectivity index (χ0v) is 11.4. The summed E-state index contributed by atoms with van der Waals surface area (Å²) in [6.07, 6.45) is 0. The Morgan fingerprint density at radius 2 is 1.71 bits per heavy atom. The van der Waals surface area contributed by atoms with Crippen molar-refractivity contribution in [3.8, 4) is 0 Å². The smallest absolute Gasteiger partial charge is 0.279 e. The van der Waals surface area contributed by atoms with E-state index in [1.165, 1.54) is 5.56 Å². The summed E-state index contributed by atoms with van der Waals surface area (Å²) in [7, 11) is -6.09. The van der Waals surface area contributed by atoms with E-state index in [1.807, 2.05) is 0 Å². The van der Waals surface area contributed by atoms with Gasteiger partial charge in [-0.2, -0.15) is 21.6 Å². The number of rotatable bonds is 0. The lowest BCUT2D eigenvalue weighted by Crippen LogP contribution is -2.21. The molecule has 1 aromatic rings. The first-order chi connectivity index (χ1) is 7.47. The van der Waals surface area contributed by atoms with Crippen molar-refractivity contribution in [2.24, 2.45) is 6.55 Å². The van der Waals surface area contributed by atoms with E-state index in [1.54, 1.807) is 5.17 Å². The molecule has 0 bridgehead atoms. The van der Waals surface area contributed by atoms with E-state index in [-0.39, 0.29) is 8.40 Å². The van der Waals surface area contributed by atoms with Gasteiger partial charge in [0.2, 0.25) is 0 Å². The second kappa shape index (κ2) is 5.74. The highest BCUT2D eigenvalue weighted by atomic mass is 32.2. The molecule has 0 saturated heterocycles. The summed E-state index contributed by atoms with van der Waals surface area (Å²) < 4.78 is 57.5. The summed E-state index contributed by atoms with van der Waals surface area (Å²) in [5, 5.41) is 1.60. The Morgan fingerprint density at radius 1 is 1.29 bits per heavy atom. The fraction of sp³-hybridized carbons (Fsp3) is 0.444. The quantitative estimate of drug-likeness (QED) is 0.452. The van der Waals surface area contributed by atoms with Gasteiger partial charge in [0.15, 0.2) is 0 Å². The summed E-state index contributed by atoms with van der Waals surface area (Å²) in [4.78, 5) is 0. The second-order valence-electron chi connectivity index (χ2n) is 3.44. The molecule has 0 saturated carbocycles. The average molecular weight is 286 g/mol. The third kappa shape index (κ3) is 5.42. The van der Waals surface area contributed by atoms with Gasteiger partial charge < -0.3 is 0 Å². The first-order valence-electron chi connectivity index (χ1n) is 4.53. The molecule has 3 nitrogen and oxygen atoms in total. The van der Waals surface area contributed by atoms with Gasteiger partial charge in [-0.15, -0.1) is 0 Å². The minimum absolute atomic E-state index is 0.252. The highest BCUT2D eigenvalue weighted by molar-refractivity contribution is 7.86. The fourth-order valence-electron chi connectivity index (χ4n) is 0.898. The molecule has 0 unspecified atom stereocenters. The molecule has 8 heteroatoms. The number of halogens is 3. The molecule has 1 aromatic heterocycles. The highest BCUT2D eigenvalue weighted by Gasteiger charge is 2.44. The molecule has 0 aliphatic carbocycles. The molecule has 0 aromatic carbocycles. The van der Waals surface area contributed by atoms with Crippen molar-refractivity contribution in [3.05, 3.63) is 28.5 Å². The van der Waals surface area contributed by atoms with Crippen molar-refractivity contribution in [2.45, 2.75) is 19.4 Å². The first-order valence-corrected chi connectivity index (χ1v) is 8.05. The van der Waals surface area contributed by atoms with Crippen LogP contribution in [0.3, 0.4) is 0 Å². The number of alkyl halides is 3. The molecule has 1 N–H and O–H groups in total. The number of hydrogen-bond donors (Lipinski definition) is 1. The van der Waals surface area contributed by atoms with E-state index in [4.69, 9.17) is 13.0 Å². The van der Waals surface area contributed by atoms with Crippen molar-refractivity contribution < 1.29 is 26.1 Å². The summed E-state index contributed by atoms with van der Waals surface area (Å²) in [6.45, 7) is 6.75. The molecule has 0 amide bonds. The minimum Gasteiger partial charge on any atom is -0.279 e. The molecule has 0 fully saturated rings. The van der Waals surface area contributed by atoms with Crippen molar-refractivity contribution >= 4 is 18.5 Å². The third-order valence-electron chi connectivity index (χ3n) is 2.17. The van der Waals surface area contributed by atoms with E-state index >= 15 is 0 Å². The maximum atomic E-state index is 10.7. The maximum absolute atomic E-state index is 10.7. The fourth-order valence-corrected chi connectivity index (χ4v) is 2.24. The van der Waals surface area contributed by atoms with Gasteiger partial charge in [0.1, 0.15) is 0 Å². The van der Waals surface area contributed by atoms with Crippen LogP contribution >= 0.6 is 0 Å². The van der Waals surface area contributed by atoms with Crippen LogP contribution in [-0.2, 0) is 16.7 Å². The molecule has 0 radical (unpaired) electrons. The van der Waals surface area contributed by atoms with Crippen LogP contribution in [0.25, 0.3) is 0 Å². The van der Waals surface area contributed by atoms with Gasteiger partial charge in [0, 0.05) is 8.40 Å². The Labute approximate surface area is 99.6 Å². The van der Waals surface area contributed by atoms with Gasteiger partial charge in [-0.1, -0.05) is 35.1 Å². The van der Waals surface area contributed by atoms with Crippen molar-refractivity contribution in [1.82, 2.24) is 0 Å². The van der Waals surface area contributed by atoms with Gasteiger partial charge in [0.25, 0.3) is 0 Å². The lowest BCUT2D eigenvalue weighted by atomic mass is 10.3. The summed E-state index contributed by atoms with van der Waals surface area (Å²) in [5.41, 5.74) is -1.74. The number of aryl methyl sites for hydroxylation is 2. The van der Waals surface area contributed by atoms with Crippen molar-refractivity contribution in [1.29, 1.82) is 0 Å². The van der Waals surface area contributed by atoms with Gasteiger partial charge in [-0.3, -0.25) is 4.55 Å². The van der Waals surface area contributed by atoms with E-state index < -0.39 is 15.6 Å². The minimum atomic E-state index is -5.84. The summed E-state index contributed by atoms with van der Waals surface area (Å²) in [6, 6.07) is 4.36. The Balaban J connectivity index is 0.000000304. The van der Waals surface area contributed by atoms with Crippen LogP contribution in [0.2, 0.25) is 0 Å². The number of hydrogen-bond acceptors (Lipinski definition) is 2. The Hall–Kier alpha value is -0.733. The van der Waals surface area contributed by atoms with E-state index in [2.05, 4.69) is 38.2 Å². The lowest BCUT2D eigenvalue weighted by molar-refractivity contribution is -0.0510. The Morgan fingerprint density at radius 3 is 1.94 bits per heavy atom. The zero-order valence-electron chi connectivity index (χ0n) is 9.54. The van der Waals surface area contributed by atoms with E-state index in [0.717, 1.165) is 0 Å². The molecule has 0 aliphatic rings. The normalized spacial score (nSPS) is 11.7. The molecule has 17 heavy (non-hydrogen) atoms. The molecular weight excluding hydrogens is 273 g/mol. The summed E-state index contributed by atoms with van der Waals surface area (Å²) in [5.74, 6) is 0. The van der Waals surface area contributed by atoms with Crippen LogP contribution in [0, 0.1) is 13.8 Å². The SMILES string of the molecule is Cc1ccc[si](C)c1C.O=S(=O)(O)C(F)(F)F. The molecule has 98 valence electrons. The molecule has 1 heterocycles. The molecule has 1 rings (SSSR count). The maximum Gasteiger partial charge on any atom is 0.522 e. The van der Waals surface area contributed by atoms with Gasteiger partial charge in [0.05, 0.1) is 0 Å². The molecule has 0 spiro atoms. The summed E-state index contributed by atoms with van der Waals surface area (Å²) >= 11 is 0. The van der Waals surface area contributed by atoms with Crippen LogP contribution in [0.5, 0.6) is 0 Å². The topological polar surface area (TPSA) is 54.4 Å². The highest BCUT2D eigenvalue weighted by Crippen LogP contribution is 2.20. The standard InChI is InChI=1S/C8H12Si.CHF3O3S/c1-7-5-4-6-9(3)8(7)2;2-1(3,4)8(5,6)7/h4-6H,1-3H3;(H,5,6,7). The van der Waals surface area contributed by atoms with Crippen LogP contribution in [0.15, 0.2) is 17.8 Å².